The molecular weight excluding hydrogens is 494 g/mol. The lowest BCUT2D eigenvalue weighted by Gasteiger charge is -2.14. The molecule has 0 bridgehead atoms. The molecule has 0 aliphatic heterocycles. The average Bonchev–Trinajstić information content (AvgIpc) is 3.45. The number of aromatic nitrogens is 7. The molecule has 0 aliphatic rings. The monoisotopic (exact) mass is 525 g/mol. The van der Waals surface area contributed by atoms with E-state index in [0.29, 0.717) is 23.5 Å². The molecule has 4 aromatic heterocycles. The molecule has 0 atom stereocenters. The lowest BCUT2D eigenvalue weighted by atomic mass is 10.1. The van der Waals surface area contributed by atoms with E-state index in [0.717, 1.165) is 55.0 Å². The molecule has 0 spiro atoms. The zero-order valence-corrected chi connectivity index (χ0v) is 23.6. The summed E-state index contributed by atoms with van der Waals surface area (Å²) >= 11 is 0. The molecule has 0 fully saturated rings. The fourth-order valence-electron chi connectivity index (χ4n) is 5.79. The minimum absolute atomic E-state index is 0.289. The van der Waals surface area contributed by atoms with Crippen LogP contribution in [0.4, 0.5) is 0 Å². The summed E-state index contributed by atoms with van der Waals surface area (Å²) in [6.07, 6.45) is 0. The van der Waals surface area contributed by atoms with Crippen molar-refractivity contribution in [2.75, 3.05) is 0 Å². The zero-order valence-electron chi connectivity index (χ0n) is 23.6. The van der Waals surface area contributed by atoms with Gasteiger partial charge in [0.15, 0.2) is 0 Å². The third-order valence-corrected chi connectivity index (χ3v) is 7.65. The van der Waals surface area contributed by atoms with Crippen LogP contribution in [0.2, 0.25) is 0 Å². The molecule has 0 N–H and O–H groups in total. The van der Waals surface area contributed by atoms with Crippen molar-refractivity contribution >= 4 is 43.6 Å². The van der Waals surface area contributed by atoms with Crippen molar-refractivity contribution in [2.24, 2.45) is 0 Å². The lowest BCUT2D eigenvalue weighted by Crippen LogP contribution is -2.08. The van der Waals surface area contributed by atoms with E-state index < -0.39 is 0 Å². The van der Waals surface area contributed by atoms with Crippen LogP contribution in [0.1, 0.15) is 62.6 Å². The summed E-state index contributed by atoms with van der Waals surface area (Å²) < 4.78 is 4.41. The number of nitrogens with zero attached hydrogens (tertiary/aromatic N) is 7. The van der Waals surface area contributed by atoms with Crippen molar-refractivity contribution in [3.8, 4) is 11.9 Å². The number of aryl methyl sites for hydroxylation is 2. The van der Waals surface area contributed by atoms with Gasteiger partial charge < -0.3 is 0 Å². The van der Waals surface area contributed by atoms with Gasteiger partial charge in [0.2, 0.25) is 11.9 Å². The summed E-state index contributed by atoms with van der Waals surface area (Å²) in [7, 11) is 0. The van der Waals surface area contributed by atoms with E-state index in [9.17, 15) is 0 Å². The SMILES string of the molecule is Cc1nc(C)nc(-n2c3ccccc3c3ccc4c(c5ccccc5n4-c4nc(C(C)C)cc(C(C)C)n4)c32)n1. The van der Waals surface area contributed by atoms with Gasteiger partial charge in [-0.15, -0.1) is 0 Å². The number of fused-ring (bicyclic) bond motifs is 7. The maximum Gasteiger partial charge on any atom is 0.238 e. The van der Waals surface area contributed by atoms with Crippen molar-refractivity contribution < 1.29 is 0 Å². The second kappa shape index (κ2) is 8.95. The average molecular weight is 526 g/mol. The van der Waals surface area contributed by atoms with Gasteiger partial charge >= 0.3 is 0 Å². The van der Waals surface area contributed by atoms with E-state index in [2.05, 4.69) is 109 Å². The predicted octanol–water partition coefficient (Wildman–Crippen LogP) is 7.72. The maximum absolute atomic E-state index is 5.10. The van der Waals surface area contributed by atoms with E-state index in [-0.39, 0.29) is 11.8 Å². The van der Waals surface area contributed by atoms with E-state index in [1.807, 2.05) is 13.8 Å². The zero-order chi connectivity index (χ0) is 27.7. The van der Waals surface area contributed by atoms with Crippen LogP contribution in [-0.4, -0.2) is 34.1 Å². The summed E-state index contributed by atoms with van der Waals surface area (Å²) in [4.78, 5) is 24.2. The highest BCUT2D eigenvalue weighted by atomic mass is 15.2. The lowest BCUT2D eigenvalue weighted by molar-refractivity contribution is 0.752. The van der Waals surface area contributed by atoms with Crippen LogP contribution in [-0.2, 0) is 0 Å². The fourth-order valence-corrected chi connectivity index (χ4v) is 5.79. The van der Waals surface area contributed by atoms with E-state index >= 15 is 0 Å². The number of hydrogen-bond donors (Lipinski definition) is 0. The van der Waals surface area contributed by atoms with Gasteiger partial charge in [-0.25, -0.2) is 15.0 Å². The highest BCUT2D eigenvalue weighted by Crippen LogP contribution is 2.41. The largest absolute Gasteiger partial charge is 0.278 e. The molecule has 3 aromatic carbocycles. The minimum atomic E-state index is 0.289. The van der Waals surface area contributed by atoms with Gasteiger partial charge in [-0.3, -0.25) is 9.13 Å². The Bertz CT molecular complexity index is 2050. The van der Waals surface area contributed by atoms with Gasteiger partial charge in [0.25, 0.3) is 0 Å². The van der Waals surface area contributed by atoms with Gasteiger partial charge in [-0.2, -0.15) is 9.97 Å². The summed E-state index contributed by atoms with van der Waals surface area (Å²) in [5, 5.41) is 4.58. The molecule has 198 valence electrons. The van der Waals surface area contributed by atoms with Crippen LogP contribution in [0.25, 0.3) is 55.5 Å². The normalized spacial score (nSPS) is 12.2. The van der Waals surface area contributed by atoms with E-state index in [1.54, 1.807) is 0 Å². The van der Waals surface area contributed by atoms with Gasteiger partial charge in [-0.05, 0) is 49.9 Å². The molecule has 7 rings (SSSR count). The number of rotatable bonds is 4. The van der Waals surface area contributed by atoms with Crippen LogP contribution in [0.5, 0.6) is 0 Å². The van der Waals surface area contributed by atoms with Crippen LogP contribution in [0.15, 0.2) is 66.7 Å². The molecule has 7 aromatic rings. The maximum atomic E-state index is 5.10. The van der Waals surface area contributed by atoms with Crippen molar-refractivity contribution in [1.29, 1.82) is 0 Å². The third-order valence-electron chi connectivity index (χ3n) is 7.65. The topological polar surface area (TPSA) is 74.3 Å². The first kappa shape index (κ1) is 24.4. The first-order valence-corrected chi connectivity index (χ1v) is 13.9. The first-order valence-electron chi connectivity index (χ1n) is 13.9. The fraction of sp³-hybridized carbons (Fsp3) is 0.242. The van der Waals surface area contributed by atoms with Crippen LogP contribution < -0.4 is 0 Å². The molecule has 4 heterocycles. The van der Waals surface area contributed by atoms with E-state index in [4.69, 9.17) is 19.9 Å². The summed E-state index contributed by atoms with van der Waals surface area (Å²) in [6, 6.07) is 23.6. The molecule has 7 heteroatoms. The molecule has 40 heavy (non-hydrogen) atoms. The van der Waals surface area contributed by atoms with Crippen molar-refractivity contribution in [3.05, 3.63) is 89.8 Å². The minimum Gasteiger partial charge on any atom is -0.278 e. The van der Waals surface area contributed by atoms with Crippen LogP contribution in [0.3, 0.4) is 0 Å². The Morgan fingerprint density at radius 3 is 1.70 bits per heavy atom. The van der Waals surface area contributed by atoms with E-state index in [1.165, 1.54) is 0 Å². The molecule has 7 nitrogen and oxygen atoms in total. The molecule has 0 amide bonds. The van der Waals surface area contributed by atoms with Crippen LogP contribution in [0, 0.1) is 13.8 Å². The molecule has 0 saturated carbocycles. The number of hydrogen-bond acceptors (Lipinski definition) is 5. The highest BCUT2D eigenvalue weighted by Gasteiger charge is 2.23. The summed E-state index contributed by atoms with van der Waals surface area (Å²) in [5.74, 6) is 3.30. The molecule has 0 unspecified atom stereocenters. The highest BCUT2D eigenvalue weighted by molar-refractivity contribution is 6.25. The van der Waals surface area contributed by atoms with Crippen LogP contribution >= 0.6 is 0 Å². The summed E-state index contributed by atoms with van der Waals surface area (Å²) in [5.41, 5.74) is 6.35. The quantitative estimate of drug-likeness (QED) is 0.235. The molecule has 0 saturated heterocycles. The van der Waals surface area contributed by atoms with Gasteiger partial charge in [0, 0.05) is 32.9 Å². The van der Waals surface area contributed by atoms with Gasteiger partial charge in [0.1, 0.15) is 11.6 Å². The Kier molecular flexibility index (Phi) is 5.46. The van der Waals surface area contributed by atoms with Gasteiger partial charge in [0.05, 0.1) is 22.1 Å². The Morgan fingerprint density at radius 1 is 0.525 bits per heavy atom. The number of para-hydroxylation sites is 2. The second-order valence-corrected chi connectivity index (χ2v) is 11.1. The summed E-state index contributed by atoms with van der Waals surface area (Å²) in [6.45, 7) is 12.6. The molecule has 0 radical (unpaired) electrons. The van der Waals surface area contributed by atoms with Crippen molar-refractivity contribution in [2.45, 2.75) is 53.4 Å². The smallest absolute Gasteiger partial charge is 0.238 e. The predicted molar refractivity (Wildman–Crippen MR) is 162 cm³/mol. The molecular formula is C33H31N7. The van der Waals surface area contributed by atoms with Crippen molar-refractivity contribution in [1.82, 2.24) is 34.1 Å². The Balaban J connectivity index is 1.69. The Morgan fingerprint density at radius 2 is 1.07 bits per heavy atom. The number of benzene rings is 3. The Hall–Kier alpha value is -4.65. The van der Waals surface area contributed by atoms with Gasteiger partial charge in [-0.1, -0.05) is 70.2 Å². The molecule has 0 aliphatic carbocycles. The second-order valence-electron chi connectivity index (χ2n) is 11.1. The third kappa shape index (κ3) is 3.61. The standard InChI is InChI=1S/C33H31N7/c1-18(2)25-17-26(19(3)4)38-33(37-25)39-28-14-10-8-12-24(28)30-29(39)16-15-23-22-11-7-9-13-27(22)40(31(23)30)32-35-20(5)34-21(6)36-32/h7-19H,1-6H3. The van der Waals surface area contributed by atoms with Crippen molar-refractivity contribution in [3.63, 3.8) is 0 Å². The Labute approximate surface area is 232 Å². The first-order chi connectivity index (χ1) is 19.3.